The third kappa shape index (κ3) is 4.59. The van der Waals surface area contributed by atoms with Gasteiger partial charge < -0.3 is 5.32 Å². The van der Waals surface area contributed by atoms with Crippen LogP contribution in [0.3, 0.4) is 0 Å². The highest BCUT2D eigenvalue weighted by Crippen LogP contribution is 2.23. The van der Waals surface area contributed by atoms with Crippen molar-refractivity contribution >= 4 is 11.3 Å². The molecule has 1 N–H and O–H groups in total. The minimum atomic E-state index is 0.204. The van der Waals surface area contributed by atoms with E-state index in [4.69, 9.17) is 0 Å². The van der Waals surface area contributed by atoms with Gasteiger partial charge in [-0.15, -0.1) is 0 Å². The SMILES string of the molecule is CCNC(CCc1ccsc1)C(C)(C)N(CC)CC. The van der Waals surface area contributed by atoms with Crippen LogP contribution in [0.1, 0.15) is 46.6 Å². The maximum atomic E-state index is 3.70. The van der Waals surface area contributed by atoms with E-state index in [0.29, 0.717) is 6.04 Å². The normalized spacial score (nSPS) is 14.0. The summed E-state index contributed by atoms with van der Waals surface area (Å²) >= 11 is 1.80. The summed E-state index contributed by atoms with van der Waals surface area (Å²) in [5.41, 5.74) is 1.68. The summed E-state index contributed by atoms with van der Waals surface area (Å²) in [6.07, 6.45) is 2.37. The molecule has 1 aromatic heterocycles. The monoisotopic (exact) mass is 282 g/mol. The number of rotatable bonds is 9. The maximum absolute atomic E-state index is 3.70. The van der Waals surface area contributed by atoms with Gasteiger partial charge in [0.2, 0.25) is 0 Å². The van der Waals surface area contributed by atoms with E-state index >= 15 is 0 Å². The predicted molar refractivity (Wildman–Crippen MR) is 87.1 cm³/mol. The van der Waals surface area contributed by atoms with Crippen molar-refractivity contribution in [3.8, 4) is 0 Å². The van der Waals surface area contributed by atoms with Crippen LogP contribution in [-0.2, 0) is 6.42 Å². The number of aryl methyl sites for hydroxylation is 1. The summed E-state index contributed by atoms with van der Waals surface area (Å²) in [6.45, 7) is 14.7. The molecule has 2 nitrogen and oxygen atoms in total. The van der Waals surface area contributed by atoms with Crippen LogP contribution in [0.4, 0.5) is 0 Å². The lowest BCUT2D eigenvalue weighted by molar-refractivity contribution is 0.0883. The fourth-order valence-electron chi connectivity index (χ4n) is 2.96. The van der Waals surface area contributed by atoms with Crippen molar-refractivity contribution in [3.63, 3.8) is 0 Å². The molecule has 3 heteroatoms. The molecule has 0 aromatic carbocycles. The summed E-state index contributed by atoms with van der Waals surface area (Å²) in [5.74, 6) is 0. The van der Waals surface area contributed by atoms with Gasteiger partial charge in [0, 0.05) is 11.6 Å². The van der Waals surface area contributed by atoms with Gasteiger partial charge in [0.1, 0.15) is 0 Å². The van der Waals surface area contributed by atoms with Crippen LogP contribution in [0.25, 0.3) is 0 Å². The van der Waals surface area contributed by atoms with E-state index in [1.54, 1.807) is 11.3 Å². The van der Waals surface area contributed by atoms with Crippen molar-refractivity contribution in [2.24, 2.45) is 0 Å². The summed E-state index contributed by atoms with van der Waals surface area (Å²) in [4.78, 5) is 2.56. The van der Waals surface area contributed by atoms with Gasteiger partial charge in [-0.2, -0.15) is 11.3 Å². The Kier molecular flexibility index (Phi) is 7.05. The molecule has 0 fully saturated rings. The molecule has 0 bridgehead atoms. The van der Waals surface area contributed by atoms with Crippen LogP contribution >= 0.6 is 11.3 Å². The topological polar surface area (TPSA) is 15.3 Å². The Hall–Kier alpha value is -0.380. The van der Waals surface area contributed by atoms with Crippen LogP contribution in [0.5, 0.6) is 0 Å². The Morgan fingerprint density at radius 1 is 1.26 bits per heavy atom. The second kappa shape index (κ2) is 8.03. The molecule has 0 aliphatic heterocycles. The van der Waals surface area contributed by atoms with Crippen LogP contribution in [-0.4, -0.2) is 36.1 Å². The number of nitrogens with one attached hydrogen (secondary N) is 1. The van der Waals surface area contributed by atoms with E-state index < -0.39 is 0 Å². The lowest BCUT2D eigenvalue weighted by atomic mass is 9.88. The Labute approximate surface area is 123 Å². The summed E-state index contributed by atoms with van der Waals surface area (Å²) in [7, 11) is 0. The highest BCUT2D eigenvalue weighted by molar-refractivity contribution is 7.07. The molecule has 1 unspecified atom stereocenters. The third-order valence-electron chi connectivity index (χ3n) is 4.18. The van der Waals surface area contributed by atoms with Crippen LogP contribution < -0.4 is 5.32 Å². The first-order valence-electron chi connectivity index (χ1n) is 7.55. The van der Waals surface area contributed by atoms with Crippen molar-refractivity contribution in [3.05, 3.63) is 22.4 Å². The second-order valence-corrected chi connectivity index (χ2v) is 6.39. The van der Waals surface area contributed by atoms with Gasteiger partial charge in [-0.1, -0.05) is 20.8 Å². The molecule has 110 valence electrons. The molecule has 0 aliphatic rings. The van der Waals surface area contributed by atoms with E-state index in [0.717, 1.165) is 19.6 Å². The van der Waals surface area contributed by atoms with Gasteiger partial charge in [0.05, 0.1) is 0 Å². The lowest BCUT2D eigenvalue weighted by Crippen LogP contribution is -2.57. The summed E-state index contributed by atoms with van der Waals surface area (Å²) in [6, 6.07) is 2.79. The molecule has 0 spiro atoms. The zero-order valence-electron chi connectivity index (χ0n) is 13.2. The van der Waals surface area contributed by atoms with Crippen molar-refractivity contribution in [1.82, 2.24) is 10.2 Å². The Bertz CT molecular complexity index is 329. The molecule has 0 amide bonds. The van der Waals surface area contributed by atoms with Gasteiger partial charge in [-0.05, 0) is 68.7 Å². The number of thiophene rings is 1. The average Bonchev–Trinajstić information content (AvgIpc) is 2.88. The quantitative estimate of drug-likeness (QED) is 0.741. The van der Waals surface area contributed by atoms with Crippen LogP contribution in [0, 0.1) is 0 Å². The number of hydrogen-bond acceptors (Lipinski definition) is 3. The van der Waals surface area contributed by atoms with E-state index in [-0.39, 0.29) is 5.54 Å². The summed E-state index contributed by atoms with van der Waals surface area (Å²) in [5, 5.41) is 8.14. The van der Waals surface area contributed by atoms with Crippen LogP contribution in [0.15, 0.2) is 16.8 Å². The van der Waals surface area contributed by atoms with Gasteiger partial charge in [-0.3, -0.25) is 4.90 Å². The minimum Gasteiger partial charge on any atom is -0.312 e. The number of hydrogen-bond donors (Lipinski definition) is 1. The highest BCUT2D eigenvalue weighted by atomic mass is 32.1. The largest absolute Gasteiger partial charge is 0.312 e. The molecule has 1 aromatic rings. The fraction of sp³-hybridized carbons (Fsp3) is 0.750. The molecule has 0 saturated carbocycles. The predicted octanol–water partition coefficient (Wildman–Crippen LogP) is 3.78. The number of nitrogens with zero attached hydrogens (tertiary/aromatic N) is 1. The van der Waals surface area contributed by atoms with Crippen LogP contribution in [0.2, 0.25) is 0 Å². The van der Waals surface area contributed by atoms with Gasteiger partial charge >= 0.3 is 0 Å². The molecule has 1 heterocycles. The third-order valence-corrected chi connectivity index (χ3v) is 4.92. The van der Waals surface area contributed by atoms with Crippen molar-refractivity contribution in [2.75, 3.05) is 19.6 Å². The standard InChI is InChI=1S/C16H30N2S/c1-6-17-15(10-9-14-11-12-19-13-14)16(4,5)18(7-2)8-3/h11-13,15,17H,6-10H2,1-5H3. The maximum Gasteiger partial charge on any atom is 0.0306 e. The van der Waals surface area contributed by atoms with Crippen molar-refractivity contribution in [2.45, 2.75) is 59.0 Å². The van der Waals surface area contributed by atoms with Gasteiger partial charge in [-0.25, -0.2) is 0 Å². The van der Waals surface area contributed by atoms with Gasteiger partial charge in [0.15, 0.2) is 0 Å². The van der Waals surface area contributed by atoms with E-state index in [1.807, 2.05) is 0 Å². The molecular weight excluding hydrogens is 252 g/mol. The summed E-state index contributed by atoms with van der Waals surface area (Å²) < 4.78 is 0. The minimum absolute atomic E-state index is 0.204. The molecule has 0 saturated heterocycles. The smallest absolute Gasteiger partial charge is 0.0306 e. The Morgan fingerprint density at radius 3 is 2.42 bits per heavy atom. The van der Waals surface area contributed by atoms with E-state index in [1.165, 1.54) is 18.4 Å². The zero-order chi connectivity index (χ0) is 14.3. The van der Waals surface area contributed by atoms with E-state index in [2.05, 4.69) is 61.7 Å². The average molecular weight is 282 g/mol. The molecule has 1 rings (SSSR count). The fourth-order valence-corrected chi connectivity index (χ4v) is 3.66. The van der Waals surface area contributed by atoms with Gasteiger partial charge in [0.25, 0.3) is 0 Å². The molecule has 19 heavy (non-hydrogen) atoms. The van der Waals surface area contributed by atoms with Crippen molar-refractivity contribution in [1.29, 1.82) is 0 Å². The molecule has 0 aliphatic carbocycles. The molecule has 0 radical (unpaired) electrons. The Morgan fingerprint density at radius 2 is 1.95 bits per heavy atom. The lowest BCUT2D eigenvalue weighted by Gasteiger charge is -2.44. The van der Waals surface area contributed by atoms with E-state index in [9.17, 15) is 0 Å². The first-order valence-corrected chi connectivity index (χ1v) is 8.49. The molecule has 1 atom stereocenters. The number of likely N-dealkylation sites (N-methyl/N-ethyl adjacent to an activating group) is 2. The molecular formula is C16H30N2S. The highest BCUT2D eigenvalue weighted by Gasteiger charge is 2.32. The Balaban J connectivity index is 2.68. The first kappa shape index (κ1) is 16.7. The first-order chi connectivity index (χ1) is 9.06. The second-order valence-electron chi connectivity index (χ2n) is 5.61. The zero-order valence-corrected chi connectivity index (χ0v) is 14.0. The van der Waals surface area contributed by atoms with Crippen molar-refractivity contribution < 1.29 is 0 Å².